The van der Waals surface area contributed by atoms with Gasteiger partial charge in [-0.3, -0.25) is 39.2 Å². The first-order valence-corrected chi connectivity index (χ1v) is 27.1. The predicted octanol–water partition coefficient (Wildman–Crippen LogP) is 6.88. The first kappa shape index (κ1) is 52.5. The number of amides is 5. The van der Waals surface area contributed by atoms with Crippen molar-refractivity contribution < 1.29 is 33.8 Å². The quantitative estimate of drug-likeness (QED) is 0.0310. The van der Waals surface area contributed by atoms with Crippen LogP contribution < -0.4 is 41.9 Å². The fourth-order valence-electron chi connectivity index (χ4n) is 10.8. The maximum absolute atomic E-state index is 13.4. The molecule has 2 unspecified atom stereocenters. The topological polar surface area (TPSA) is 231 Å². The number of ether oxygens (including phenoxy) is 1. The molecule has 3 aromatic carbocycles. The van der Waals surface area contributed by atoms with Crippen LogP contribution in [-0.2, 0) is 14.4 Å². The highest BCUT2D eigenvalue weighted by Gasteiger charge is 2.45. The molecule has 19 nitrogen and oxygen atoms in total. The highest BCUT2D eigenvalue weighted by Crippen LogP contribution is 2.35. The van der Waals surface area contributed by atoms with Gasteiger partial charge in [-0.2, -0.15) is 0 Å². The Bertz CT molecular complexity index is 2690. The van der Waals surface area contributed by atoms with Gasteiger partial charge in [-0.15, -0.1) is 15.7 Å². The summed E-state index contributed by atoms with van der Waals surface area (Å²) in [5.74, 6) is -0.985. The van der Waals surface area contributed by atoms with Gasteiger partial charge in [0.2, 0.25) is 17.7 Å². The molecule has 398 valence electrons. The number of imide groups is 2. The van der Waals surface area contributed by atoms with Crippen LogP contribution in [0.15, 0.2) is 84.7 Å². The molecular weight excluding hydrogens is 953 g/mol. The van der Waals surface area contributed by atoms with Gasteiger partial charge in [-0.05, 0) is 80.6 Å². The number of hydrogen-bond acceptors (Lipinski definition) is 16. The summed E-state index contributed by atoms with van der Waals surface area (Å²) < 4.78 is 6.39. The normalized spacial score (nSPS) is 18.8. The van der Waals surface area contributed by atoms with Crippen molar-refractivity contribution in [3.05, 3.63) is 95.8 Å². The van der Waals surface area contributed by atoms with E-state index in [1.54, 1.807) is 42.5 Å². The van der Waals surface area contributed by atoms with Gasteiger partial charge in [0.25, 0.3) is 11.8 Å². The van der Waals surface area contributed by atoms with Crippen LogP contribution in [0, 0.1) is 0 Å². The van der Waals surface area contributed by atoms with Gasteiger partial charge < -0.3 is 41.0 Å². The van der Waals surface area contributed by atoms with Crippen LogP contribution in [0.2, 0.25) is 0 Å². The lowest BCUT2D eigenvalue weighted by molar-refractivity contribution is -0.136. The minimum absolute atomic E-state index is 0.0713. The van der Waals surface area contributed by atoms with E-state index in [1.807, 2.05) is 22.2 Å². The number of nitrogens with two attached hydrogens (primary N) is 1. The third-order valence-corrected chi connectivity index (χ3v) is 15.0. The van der Waals surface area contributed by atoms with E-state index in [-0.39, 0.29) is 47.5 Å². The second-order valence-corrected chi connectivity index (χ2v) is 20.3. The smallest absolute Gasteiger partial charge is 0.264 e. The third kappa shape index (κ3) is 13.3. The SMILES string of the molecule is Nc1nnc(-c2ccccc2O)cc1OC1CCCN(c2ccc(N3CCN(C(=O)CCCCCCCCCCCCCCN4C=C(CNc5cccc6c5C(=O)N(C5CCC(=O)NC5=O)C6=O)NN4)CC3)cc2)C1. The van der Waals surface area contributed by atoms with Gasteiger partial charge in [0, 0.05) is 87.0 Å². The predicted molar refractivity (Wildman–Crippen MR) is 287 cm³/mol. The average molecular weight is 1030 g/mol. The number of carbonyl (C=O) groups is 5. The van der Waals surface area contributed by atoms with Gasteiger partial charge in [0.1, 0.15) is 23.6 Å². The van der Waals surface area contributed by atoms with E-state index >= 15 is 0 Å². The van der Waals surface area contributed by atoms with Gasteiger partial charge in [0.05, 0.1) is 29.9 Å². The summed E-state index contributed by atoms with van der Waals surface area (Å²) in [6, 6.07) is 21.5. The lowest BCUT2D eigenvalue weighted by Crippen LogP contribution is -2.54. The highest BCUT2D eigenvalue weighted by atomic mass is 16.5. The summed E-state index contributed by atoms with van der Waals surface area (Å²) in [5.41, 5.74) is 17.8. The number of aromatic hydroxyl groups is 1. The van der Waals surface area contributed by atoms with Crippen LogP contribution in [-0.4, -0.2) is 124 Å². The molecule has 0 saturated carbocycles. The number of nitrogens with one attached hydrogen (secondary N) is 4. The van der Waals surface area contributed by atoms with Crippen molar-refractivity contribution in [2.24, 2.45) is 0 Å². The zero-order valence-electron chi connectivity index (χ0n) is 42.9. The number of hydrogen-bond donors (Lipinski definition) is 6. The molecule has 9 rings (SSSR count). The van der Waals surface area contributed by atoms with E-state index in [0.29, 0.717) is 35.7 Å². The number of aromatic nitrogens is 2. The number of unbranched alkanes of at least 4 members (excludes halogenated alkanes) is 11. The standard InChI is InChI=1S/C56H72N12O7/c57-53-49(35-46(61-62-53)43-18-12-13-21-48(43)69)75-42-17-16-29-66(38-42)41-25-23-40(24-26-41)64-31-33-65(34-32-64)51(71)22-11-9-7-5-3-1-2-4-6-8-10-14-30-67-37-39(60-63-67)36-58-45-20-15-19-44-52(45)56(74)68(55(44)73)47-27-28-50(70)59-54(47)72/h12-13,15,18-21,23-26,35,37,42,47,58,60,63,69H,1-11,14,16-17,22,27-34,36,38H2,(H2,57,62)(H,59,70,72). The Morgan fingerprint density at radius 1 is 0.747 bits per heavy atom. The molecule has 5 aliphatic heterocycles. The zero-order valence-corrected chi connectivity index (χ0v) is 42.9. The van der Waals surface area contributed by atoms with Crippen molar-refractivity contribution in [3.63, 3.8) is 0 Å². The first-order chi connectivity index (χ1) is 36.6. The molecule has 4 aromatic rings. The van der Waals surface area contributed by atoms with Crippen LogP contribution in [0.1, 0.15) is 130 Å². The number of para-hydroxylation sites is 1. The summed E-state index contributed by atoms with van der Waals surface area (Å²) in [6.07, 6.45) is 18.9. The lowest BCUT2D eigenvalue weighted by atomic mass is 10.0. The van der Waals surface area contributed by atoms with Crippen molar-refractivity contribution in [2.75, 3.05) is 73.2 Å². The third-order valence-electron chi connectivity index (χ3n) is 15.0. The monoisotopic (exact) mass is 1020 g/mol. The van der Waals surface area contributed by atoms with Crippen LogP contribution in [0.4, 0.5) is 22.9 Å². The van der Waals surface area contributed by atoms with E-state index in [9.17, 15) is 29.1 Å². The van der Waals surface area contributed by atoms with Gasteiger partial charge in [-0.25, -0.2) is 0 Å². The molecule has 3 saturated heterocycles. The Labute approximate surface area is 439 Å². The number of anilines is 4. The Morgan fingerprint density at radius 3 is 2.15 bits per heavy atom. The Hall–Kier alpha value is -7.41. The van der Waals surface area contributed by atoms with Crippen molar-refractivity contribution in [3.8, 4) is 22.8 Å². The summed E-state index contributed by atoms with van der Waals surface area (Å²) >= 11 is 0. The number of benzene rings is 3. The van der Waals surface area contributed by atoms with E-state index in [2.05, 4.69) is 65.9 Å². The Morgan fingerprint density at radius 2 is 1.43 bits per heavy atom. The van der Waals surface area contributed by atoms with Crippen LogP contribution >= 0.6 is 0 Å². The molecule has 0 bridgehead atoms. The van der Waals surface area contributed by atoms with Crippen molar-refractivity contribution in [1.29, 1.82) is 0 Å². The fraction of sp³-hybridized carbons (Fsp3) is 0.482. The van der Waals surface area contributed by atoms with E-state index < -0.39 is 29.7 Å². The molecule has 2 atom stereocenters. The number of piperazine rings is 1. The number of rotatable bonds is 24. The van der Waals surface area contributed by atoms with Gasteiger partial charge in [-0.1, -0.05) is 82.4 Å². The molecule has 0 spiro atoms. The van der Waals surface area contributed by atoms with Gasteiger partial charge >= 0.3 is 0 Å². The molecule has 7 N–H and O–H groups in total. The molecule has 75 heavy (non-hydrogen) atoms. The maximum atomic E-state index is 13.4. The number of piperidine rings is 2. The lowest BCUT2D eigenvalue weighted by Gasteiger charge is -2.37. The average Bonchev–Trinajstić information content (AvgIpc) is 4.01. The number of carbonyl (C=O) groups excluding carboxylic acids is 5. The number of nitrogens with zero attached hydrogens (tertiary/aromatic N) is 7. The molecule has 3 fully saturated rings. The summed E-state index contributed by atoms with van der Waals surface area (Å²) in [5, 5.41) is 26.1. The second-order valence-electron chi connectivity index (χ2n) is 20.3. The number of nitrogen functional groups attached to an aromatic ring is 1. The summed E-state index contributed by atoms with van der Waals surface area (Å²) in [7, 11) is 0. The van der Waals surface area contributed by atoms with E-state index in [1.165, 1.54) is 57.1 Å². The van der Waals surface area contributed by atoms with Crippen LogP contribution in [0.5, 0.6) is 11.5 Å². The highest BCUT2D eigenvalue weighted by molar-refractivity contribution is 6.25. The molecule has 1 aromatic heterocycles. The van der Waals surface area contributed by atoms with E-state index in [0.717, 1.165) is 101 Å². The second kappa shape index (κ2) is 25.2. The summed E-state index contributed by atoms with van der Waals surface area (Å²) in [4.78, 5) is 71.5. The number of phenols is 1. The number of phenolic OH excluding ortho intramolecular Hbond substituents is 1. The van der Waals surface area contributed by atoms with E-state index in [4.69, 9.17) is 10.5 Å². The molecule has 5 aliphatic rings. The van der Waals surface area contributed by atoms with Crippen molar-refractivity contribution >= 4 is 52.4 Å². The number of hydrazine groups is 2. The molecule has 5 amide bonds. The maximum Gasteiger partial charge on any atom is 0.264 e. The molecule has 19 heteroatoms. The number of fused-ring (bicyclic) bond motifs is 1. The molecule has 0 radical (unpaired) electrons. The van der Waals surface area contributed by atoms with Crippen molar-refractivity contribution in [1.82, 2.24) is 41.3 Å². The van der Waals surface area contributed by atoms with Crippen molar-refractivity contribution in [2.45, 2.75) is 121 Å². The zero-order chi connectivity index (χ0) is 52.1. The minimum Gasteiger partial charge on any atom is -0.507 e. The fourth-order valence-corrected chi connectivity index (χ4v) is 10.8. The summed E-state index contributed by atoms with van der Waals surface area (Å²) in [6.45, 7) is 6.08. The largest absolute Gasteiger partial charge is 0.507 e. The Balaban J connectivity index is 0.574. The van der Waals surface area contributed by atoms with Crippen LogP contribution in [0.3, 0.4) is 0 Å². The molecule has 6 heterocycles. The molecular formula is C56H72N12O7. The minimum atomic E-state index is -1.00. The molecule has 0 aliphatic carbocycles. The first-order valence-electron chi connectivity index (χ1n) is 27.1. The van der Waals surface area contributed by atoms with Gasteiger partial charge in [0.15, 0.2) is 11.6 Å². The Kier molecular flexibility index (Phi) is 17.6. The van der Waals surface area contributed by atoms with Crippen LogP contribution in [0.25, 0.3) is 11.3 Å².